The van der Waals surface area contributed by atoms with Crippen LogP contribution in [-0.4, -0.2) is 19.4 Å². The van der Waals surface area contributed by atoms with Crippen LogP contribution < -0.4 is 9.47 Å². The van der Waals surface area contributed by atoms with Crippen molar-refractivity contribution >= 4 is 64.0 Å². The summed E-state index contributed by atoms with van der Waals surface area (Å²) in [6.07, 6.45) is 3.20. The van der Waals surface area contributed by atoms with Gasteiger partial charge in [-0.15, -0.1) is 11.3 Å². The zero-order chi connectivity index (χ0) is 20.5. The van der Waals surface area contributed by atoms with E-state index in [9.17, 15) is 0 Å². The highest BCUT2D eigenvalue weighted by molar-refractivity contribution is 7.13. The van der Waals surface area contributed by atoms with E-state index in [0.29, 0.717) is 40.7 Å². The Balaban J connectivity index is 1.93. The van der Waals surface area contributed by atoms with Crippen LogP contribution in [0.15, 0.2) is 40.0 Å². The van der Waals surface area contributed by atoms with Gasteiger partial charge in [-0.3, -0.25) is 0 Å². The molecule has 152 valence electrons. The fourth-order valence-corrected chi connectivity index (χ4v) is 3.42. The minimum Gasteiger partial charge on any atom is -0.489 e. The Morgan fingerprint density at radius 3 is 2.50 bits per heavy atom. The Bertz CT molecular complexity index is 809. The molecule has 0 spiro atoms. The molecule has 0 radical (unpaired) electrons. The smallest absolute Gasteiger partial charge is 0.157 e. The number of rotatable bonds is 10. The third-order valence-electron chi connectivity index (χ3n) is 3.16. The van der Waals surface area contributed by atoms with Crippen LogP contribution in [0.4, 0.5) is 0 Å². The van der Waals surface area contributed by atoms with E-state index in [1.165, 1.54) is 6.08 Å². The average Bonchev–Trinajstić information content (AvgIpc) is 3.05. The Kier molecular flexibility index (Phi) is 9.75. The molecule has 0 saturated heterocycles. The zero-order valence-corrected chi connectivity index (χ0v) is 19.1. The van der Waals surface area contributed by atoms with Gasteiger partial charge in [0.05, 0.1) is 16.3 Å². The van der Waals surface area contributed by atoms with E-state index >= 15 is 0 Å². The fourth-order valence-electron chi connectivity index (χ4n) is 1.92. The van der Waals surface area contributed by atoms with E-state index in [1.54, 1.807) is 29.7 Å². The van der Waals surface area contributed by atoms with Crippen LogP contribution in [0.1, 0.15) is 23.6 Å². The van der Waals surface area contributed by atoms with Crippen LogP contribution in [0.2, 0.25) is 10.0 Å². The Labute approximate surface area is 188 Å². The van der Waals surface area contributed by atoms with Gasteiger partial charge in [0, 0.05) is 21.9 Å². The standard InChI is InChI=1S/C19H19Cl4NO3S/c1-12(2)10-27-24-9-14-3-4-15(28-14)11-26-19-16(20)7-13(8-17(19)21)25-6-5-18(22)23/h3-5,7-9,12H,6,10-11H2,1-2H3/b24-9+. The van der Waals surface area contributed by atoms with E-state index in [-0.39, 0.29) is 11.1 Å². The first kappa shape index (κ1) is 23.2. The lowest BCUT2D eigenvalue weighted by Crippen LogP contribution is -1.97. The molecule has 0 fully saturated rings. The maximum absolute atomic E-state index is 6.27. The van der Waals surface area contributed by atoms with Gasteiger partial charge in [0.15, 0.2) is 5.75 Å². The van der Waals surface area contributed by atoms with E-state index in [0.717, 1.165) is 9.75 Å². The lowest BCUT2D eigenvalue weighted by molar-refractivity contribution is 0.120. The summed E-state index contributed by atoms with van der Waals surface area (Å²) in [7, 11) is 0. The molecule has 0 N–H and O–H groups in total. The average molecular weight is 483 g/mol. The largest absolute Gasteiger partial charge is 0.489 e. The quantitative estimate of drug-likeness (QED) is 0.262. The van der Waals surface area contributed by atoms with Crippen LogP contribution >= 0.6 is 57.7 Å². The van der Waals surface area contributed by atoms with Crippen molar-refractivity contribution in [2.75, 3.05) is 13.2 Å². The molecule has 0 aliphatic carbocycles. The highest BCUT2D eigenvalue weighted by atomic mass is 35.5. The lowest BCUT2D eigenvalue weighted by Gasteiger charge is -2.11. The normalized spacial score (nSPS) is 11.1. The maximum atomic E-state index is 6.27. The number of thiophene rings is 1. The summed E-state index contributed by atoms with van der Waals surface area (Å²) < 4.78 is 11.4. The molecule has 28 heavy (non-hydrogen) atoms. The molecule has 9 heteroatoms. The van der Waals surface area contributed by atoms with Crippen LogP contribution in [0.5, 0.6) is 11.5 Å². The van der Waals surface area contributed by atoms with Crippen LogP contribution in [-0.2, 0) is 11.4 Å². The molecule has 0 aliphatic rings. The minimum atomic E-state index is 0.129. The first-order valence-corrected chi connectivity index (χ1v) is 10.7. The van der Waals surface area contributed by atoms with Crippen molar-refractivity contribution in [1.29, 1.82) is 0 Å². The summed E-state index contributed by atoms with van der Waals surface area (Å²) in [5.74, 6) is 1.32. The molecule has 2 rings (SSSR count). The van der Waals surface area contributed by atoms with Crippen molar-refractivity contribution in [2.24, 2.45) is 11.1 Å². The summed E-state index contributed by atoms with van der Waals surface area (Å²) in [6.45, 7) is 5.25. The number of hydrogen-bond acceptors (Lipinski definition) is 5. The highest BCUT2D eigenvalue weighted by Crippen LogP contribution is 2.37. The Morgan fingerprint density at radius 1 is 1.14 bits per heavy atom. The number of oxime groups is 1. The van der Waals surface area contributed by atoms with Crippen molar-refractivity contribution in [3.63, 3.8) is 0 Å². The Hall–Kier alpha value is -1.11. The molecular weight excluding hydrogens is 464 g/mol. The van der Waals surface area contributed by atoms with Crippen molar-refractivity contribution in [2.45, 2.75) is 20.5 Å². The van der Waals surface area contributed by atoms with Gasteiger partial charge in [0.1, 0.15) is 30.1 Å². The van der Waals surface area contributed by atoms with Crippen LogP contribution in [0.3, 0.4) is 0 Å². The minimum absolute atomic E-state index is 0.129. The molecule has 1 aromatic carbocycles. The van der Waals surface area contributed by atoms with Crippen LogP contribution in [0, 0.1) is 5.92 Å². The van der Waals surface area contributed by atoms with Gasteiger partial charge in [0.25, 0.3) is 0 Å². The SMILES string of the molecule is CC(C)CO/N=C/c1ccc(COc2c(Cl)cc(OCC=C(Cl)Cl)cc2Cl)s1. The predicted octanol–water partition coefficient (Wildman–Crippen LogP) is 7.34. The summed E-state index contributed by atoms with van der Waals surface area (Å²) in [6, 6.07) is 7.14. The third-order valence-corrected chi connectivity index (χ3v) is 5.03. The lowest BCUT2D eigenvalue weighted by atomic mass is 10.2. The van der Waals surface area contributed by atoms with Crippen molar-refractivity contribution in [1.82, 2.24) is 0 Å². The van der Waals surface area contributed by atoms with E-state index in [4.69, 9.17) is 60.7 Å². The second kappa shape index (κ2) is 11.8. The molecule has 0 atom stereocenters. The van der Waals surface area contributed by atoms with Crippen LogP contribution in [0.25, 0.3) is 0 Å². The molecule has 0 unspecified atom stereocenters. The van der Waals surface area contributed by atoms with Gasteiger partial charge in [-0.05, 0) is 24.1 Å². The van der Waals surface area contributed by atoms with Crippen molar-refractivity contribution in [3.05, 3.63) is 54.6 Å². The summed E-state index contributed by atoms with van der Waals surface area (Å²) in [4.78, 5) is 7.17. The molecule has 1 heterocycles. The number of benzene rings is 1. The number of nitrogens with zero attached hydrogens (tertiary/aromatic N) is 1. The van der Waals surface area contributed by atoms with Crippen molar-refractivity contribution < 1.29 is 14.3 Å². The maximum Gasteiger partial charge on any atom is 0.157 e. The molecule has 0 saturated carbocycles. The first-order chi connectivity index (χ1) is 13.3. The molecule has 0 bridgehead atoms. The molecule has 4 nitrogen and oxygen atoms in total. The summed E-state index contributed by atoms with van der Waals surface area (Å²) in [5, 5.41) is 4.66. The molecule has 1 aromatic heterocycles. The van der Waals surface area contributed by atoms with Gasteiger partial charge in [-0.1, -0.05) is 65.4 Å². The zero-order valence-electron chi connectivity index (χ0n) is 15.3. The molecule has 0 amide bonds. The summed E-state index contributed by atoms with van der Waals surface area (Å²) >= 11 is 25.2. The second-order valence-corrected chi connectivity index (χ2v) is 9.06. The van der Waals surface area contributed by atoms with E-state index in [1.807, 2.05) is 12.1 Å². The molecule has 2 aromatic rings. The van der Waals surface area contributed by atoms with E-state index < -0.39 is 0 Å². The third kappa shape index (κ3) is 8.10. The first-order valence-electron chi connectivity index (χ1n) is 8.35. The number of halogens is 4. The van der Waals surface area contributed by atoms with Gasteiger partial charge in [-0.2, -0.15) is 0 Å². The monoisotopic (exact) mass is 481 g/mol. The van der Waals surface area contributed by atoms with Gasteiger partial charge in [-0.25, -0.2) is 0 Å². The number of ether oxygens (including phenoxy) is 2. The van der Waals surface area contributed by atoms with Gasteiger partial charge < -0.3 is 14.3 Å². The second-order valence-electron chi connectivity index (χ2n) is 6.04. The fraction of sp³-hybridized carbons (Fsp3) is 0.316. The summed E-state index contributed by atoms with van der Waals surface area (Å²) in [5.41, 5.74) is 0. The highest BCUT2D eigenvalue weighted by Gasteiger charge is 2.11. The van der Waals surface area contributed by atoms with Gasteiger partial charge in [0.2, 0.25) is 0 Å². The predicted molar refractivity (Wildman–Crippen MR) is 119 cm³/mol. The number of hydrogen-bond donors (Lipinski definition) is 0. The van der Waals surface area contributed by atoms with E-state index in [2.05, 4.69) is 19.0 Å². The topological polar surface area (TPSA) is 40.0 Å². The molecule has 0 aliphatic heterocycles. The van der Waals surface area contributed by atoms with Gasteiger partial charge >= 0.3 is 0 Å². The van der Waals surface area contributed by atoms with Crippen molar-refractivity contribution in [3.8, 4) is 11.5 Å². The molecular formula is C19H19Cl4NO3S. The Morgan fingerprint density at radius 2 is 1.86 bits per heavy atom.